The first-order chi connectivity index (χ1) is 8.21. The molecular weight excluding hydrogens is 236 g/mol. The van der Waals surface area contributed by atoms with E-state index in [1.165, 1.54) is 35.9 Å². The van der Waals surface area contributed by atoms with E-state index in [0.29, 0.717) is 17.1 Å². The van der Waals surface area contributed by atoms with Gasteiger partial charge in [-0.2, -0.15) is 0 Å². The minimum absolute atomic E-state index is 0.186. The van der Waals surface area contributed by atoms with Crippen LogP contribution in [0.3, 0.4) is 0 Å². The molecule has 0 amide bonds. The minimum atomic E-state index is 0.186. The van der Waals surface area contributed by atoms with Crippen molar-refractivity contribution in [1.29, 1.82) is 0 Å². The summed E-state index contributed by atoms with van der Waals surface area (Å²) in [6.45, 7) is 13.8. The van der Waals surface area contributed by atoms with Crippen molar-refractivity contribution in [2.24, 2.45) is 5.92 Å². The average molecular weight is 271 g/mol. The first kappa shape index (κ1) is 16.2. The molecule has 0 aliphatic heterocycles. The van der Waals surface area contributed by atoms with Gasteiger partial charge in [0.25, 0.3) is 0 Å². The third-order valence-corrected chi connectivity index (χ3v) is 6.00. The van der Waals surface area contributed by atoms with E-state index in [-0.39, 0.29) is 5.66 Å². The lowest BCUT2D eigenvalue weighted by atomic mass is 9.85. The van der Waals surface area contributed by atoms with Crippen molar-refractivity contribution >= 4 is 10.2 Å². The maximum absolute atomic E-state index is 3.91. The van der Waals surface area contributed by atoms with E-state index < -0.39 is 0 Å². The second kappa shape index (κ2) is 6.06. The molecule has 108 valence electrons. The SMILES string of the molecule is CC(C)CC1([SiH3])CCCC1(NC(C)C)NC(C)C. The highest BCUT2D eigenvalue weighted by atomic mass is 28.1. The van der Waals surface area contributed by atoms with E-state index in [1.807, 2.05) is 0 Å². The summed E-state index contributed by atoms with van der Waals surface area (Å²) in [4.78, 5) is 0. The standard InChI is InChI=1S/C15H34N2Si/c1-11(2)10-14(18)8-7-9-15(14,16-12(3)4)17-13(5)6/h11-13,16-17H,7-10H2,1-6,18H3. The molecule has 0 aromatic carbocycles. The molecule has 0 radical (unpaired) electrons. The van der Waals surface area contributed by atoms with Gasteiger partial charge in [0.05, 0.1) is 5.66 Å². The highest BCUT2D eigenvalue weighted by Crippen LogP contribution is 2.53. The fraction of sp³-hybridized carbons (Fsp3) is 1.00. The monoisotopic (exact) mass is 270 g/mol. The van der Waals surface area contributed by atoms with Crippen LogP contribution >= 0.6 is 0 Å². The Balaban J connectivity index is 2.98. The fourth-order valence-electron chi connectivity index (χ4n) is 3.96. The molecule has 1 fully saturated rings. The summed E-state index contributed by atoms with van der Waals surface area (Å²) in [5.74, 6) is 0.794. The summed E-state index contributed by atoms with van der Waals surface area (Å²) >= 11 is 0. The summed E-state index contributed by atoms with van der Waals surface area (Å²) in [5.41, 5.74) is 0.186. The molecule has 1 saturated carbocycles. The fourth-order valence-corrected chi connectivity index (χ4v) is 5.67. The molecule has 18 heavy (non-hydrogen) atoms. The molecule has 0 bridgehead atoms. The van der Waals surface area contributed by atoms with Gasteiger partial charge in [0.2, 0.25) is 0 Å². The summed E-state index contributed by atoms with van der Waals surface area (Å²) < 4.78 is 0. The average Bonchev–Trinajstić information content (AvgIpc) is 2.39. The molecule has 0 heterocycles. The van der Waals surface area contributed by atoms with E-state index >= 15 is 0 Å². The van der Waals surface area contributed by atoms with Gasteiger partial charge in [-0.15, -0.1) is 0 Å². The van der Waals surface area contributed by atoms with Gasteiger partial charge < -0.3 is 0 Å². The maximum atomic E-state index is 3.91. The van der Waals surface area contributed by atoms with Gasteiger partial charge in [-0.05, 0) is 64.3 Å². The van der Waals surface area contributed by atoms with Crippen molar-refractivity contribution in [2.45, 2.75) is 90.0 Å². The molecule has 1 aliphatic carbocycles. The normalized spacial score (nSPS) is 27.8. The zero-order chi connectivity index (χ0) is 14.0. The zero-order valence-corrected chi connectivity index (χ0v) is 15.6. The molecule has 1 atom stereocenters. The highest BCUT2D eigenvalue weighted by molar-refractivity contribution is 6.16. The zero-order valence-electron chi connectivity index (χ0n) is 13.6. The summed E-state index contributed by atoms with van der Waals surface area (Å²) in [7, 11) is 1.27. The topological polar surface area (TPSA) is 24.1 Å². The van der Waals surface area contributed by atoms with E-state index in [2.05, 4.69) is 52.2 Å². The van der Waals surface area contributed by atoms with Crippen molar-refractivity contribution in [3.05, 3.63) is 0 Å². The Kier molecular flexibility index (Phi) is 5.45. The van der Waals surface area contributed by atoms with E-state index in [0.717, 1.165) is 5.92 Å². The Labute approximate surface area is 117 Å². The van der Waals surface area contributed by atoms with Gasteiger partial charge in [0.1, 0.15) is 0 Å². The van der Waals surface area contributed by atoms with E-state index in [9.17, 15) is 0 Å². The molecule has 3 heteroatoms. The molecule has 2 N–H and O–H groups in total. The molecular formula is C15H34N2Si. The number of nitrogens with one attached hydrogen (secondary N) is 2. The smallest absolute Gasteiger partial charge is 0.0715 e. The van der Waals surface area contributed by atoms with E-state index in [4.69, 9.17) is 0 Å². The first-order valence-electron chi connectivity index (χ1n) is 7.76. The van der Waals surface area contributed by atoms with Gasteiger partial charge in [-0.3, -0.25) is 10.6 Å². The Morgan fingerprint density at radius 1 is 0.944 bits per heavy atom. The molecule has 0 saturated heterocycles. The highest BCUT2D eigenvalue weighted by Gasteiger charge is 2.51. The van der Waals surface area contributed by atoms with Gasteiger partial charge in [-0.1, -0.05) is 13.8 Å². The van der Waals surface area contributed by atoms with Crippen LogP contribution in [0, 0.1) is 5.92 Å². The molecule has 0 aromatic rings. The lowest BCUT2D eigenvalue weighted by molar-refractivity contribution is 0.156. The Bertz CT molecular complexity index is 253. The van der Waals surface area contributed by atoms with Gasteiger partial charge in [0, 0.05) is 22.3 Å². The van der Waals surface area contributed by atoms with Gasteiger partial charge in [0.15, 0.2) is 0 Å². The number of rotatable bonds is 6. The number of hydrogen-bond acceptors (Lipinski definition) is 2. The third-order valence-electron chi connectivity index (χ3n) is 4.24. The van der Waals surface area contributed by atoms with Gasteiger partial charge >= 0.3 is 0 Å². The quantitative estimate of drug-likeness (QED) is 0.572. The van der Waals surface area contributed by atoms with Crippen LogP contribution in [0.4, 0.5) is 0 Å². The summed E-state index contributed by atoms with van der Waals surface area (Å²) in [6.07, 6.45) is 5.42. The predicted molar refractivity (Wildman–Crippen MR) is 85.2 cm³/mol. The summed E-state index contributed by atoms with van der Waals surface area (Å²) in [5, 5.41) is 8.32. The maximum Gasteiger partial charge on any atom is 0.0715 e. The van der Waals surface area contributed by atoms with Crippen molar-refractivity contribution in [3.8, 4) is 0 Å². The second-order valence-electron chi connectivity index (χ2n) is 7.52. The molecule has 1 aliphatic rings. The molecule has 1 rings (SSSR count). The van der Waals surface area contributed by atoms with Crippen molar-refractivity contribution in [3.63, 3.8) is 0 Å². The van der Waals surface area contributed by atoms with Crippen LogP contribution in [0.5, 0.6) is 0 Å². The van der Waals surface area contributed by atoms with Crippen LogP contribution < -0.4 is 10.6 Å². The lowest BCUT2D eigenvalue weighted by Gasteiger charge is -2.49. The van der Waals surface area contributed by atoms with E-state index in [1.54, 1.807) is 0 Å². The van der Waals surface area contributed by atoms with Crippen LogP contribution in [-0.4, -0.2) is 28.0 Å². The Morgan fingerprint density at radius 2 is 1.44 bits per heavy atom. The van der Waals surface area contributed by atoms with Crippen LogP contribution in [0.2, 0.25) is 5.04 Å². The lowest BCUT2D eigenvalue weighted by Crippen LogP contribution is -2.65. The summed E-state index contributed by atoms with van der Waals surface area (Å²) in [6, 6.07) is 1.10. The van der Waals surface area contributed by atoms with Gasteiger partial charge in [-0.25, -0.2) is 0 Å². The second-order valence-corrected chi connectivity index (χ2v) is 9.43. The first-order valence-corrected chi connectivity index (χ1v) is 8.76. The molecule has 1 unspecified atom stereocenters. The third kappa shape index (κ3) is 3.58. The van der Waals surface area contributed by atoms with Crippen LogP contribution in [0.25, 0.3) is 0 Å². The Hall–Kier alpha value is 0.137. The van der Waals surface area contributed by atoms with Crippen molar-refractivity contribution < 1.29 is 0 Å². The predicted octanol–water partition coefficient (Wildman–Crippen LogP) is 2.43. The Morgan fingerprint density at radius 3 is 1.83 bits per heavy atom. The number of hydrogen-bond donors (Lipinski definition) is 2. The molecule has 0 spiro atoms. The van der Waals surface area contributed by atoms with Crippen LogP contribution in [0.15, 0.2) is 0 Å². The largest absolute Gasteiger partial charge is 0.297 e. The molecule has 2 nitrogen and oxygen atoms in total. The van der Waals surface area contributed by atoms with Crippen molar-refractivity contribution in [2.75, 3.05) is 0 Å². The van der Waals surface area contributed by atoms with Crippen LogP contribution in [0.1, 0.15) is 67.2 Å². The van der Waals surface area contributed by atoms with Crippen molar-refractivity contribution in [1.82, 2.24) is 10.6 Å². The minimum Gasteiger partial charge on any atom is -0.297 e. The van der Waals surface area contributed by atoms with Crippen LogP contribution in [-0.2, 0) is 0 Å². The molecule has 0 aromatic heterocycles.